The number of Topliss-reactive ketones (excluding diaryl/α,β-unsaturated/α-hetero) is 1. The maximum Gasteiger partial charge on any atom is 0.196 e. The van der Waals surface area contributed by atoms with Crippen molar-refractivity contribution in [1.29, 1.82) is 0 Å². The fourth-order valence-electron chi connectivity index (χ4n) is 3.97. The normalized spacial score (nSPS) is 13.6. The Hall–Kier alpha value is -4.51. The van der Waals surface area contributed by atoms with Gasteiger partial charge in [-0.25, -0.2) is 0 Å². The van der Waals surface area contributed by atoms with Crippen LogP contribution >= 0.6 is 0 Å². The minimum absolute atomic E-state index is 0.0616. The maximum atomic E-state index is 13.2. The summed E-state index contributed by atoms with van der Waals surface area (Å²) in [4.78, 5) is 13.2. The van der Waals surface area contributed by atoms with Gasteiger partial charge in [0.2, 0.25) is 0 Å². The molecule has 0 amide bonds. The van der Waals surface area contributed by atoms with Crippen LogP contribution in [-0.4, -0.2) is 19.5 Å². The lowest BCUT2D eigenvalue weighted by Gasteiger charge is -2.20. The third-order valence-electron chi connectivity index (χ3n) is 5.89. The van der Waals surface area contributed by atoms with Gasteiger partial charge >= 0.3 is 0 Å². The Kier molecular flexibility index (Phi) is 6.99. The first-order valence-corrected chi connectivity index (χ1v) is 11.7. The van der Waals surface area contributed by atoms with Crippen molar-refractivity contribution in [2.45, 2.75) is 13.2 Å². The second-order valence-corrected chi connectivity index (χ2v) is 8.40. The minimum Gasteiger partial charge on any atom is -0.493 e. The molecule has 5 rings (SSSR count). The first-order chi connectivity index (χ1) is 17.7. The Morgan fingerprint density at radius 3 is 2.17 bits per heavy atom. The molecule has 4 aromatic rings. The zero-order valence-electron chi connectivity index (χ0n) is 20.0. The van der Waals surface area contributed by atoms with E-state index in [9.17, 15) is 4.79 Å². The molecular formula is C31H26O5. The van der Waals surface area contributed by atoms with Crippen LogP contribution in [0.15, 0.2) is 103 Å². The first-order valence-electron chi connectivity index (χ1n) is 11.7. The number of benzene rings is 4. The summed E-state index contributed by atoms with van der Waals surface area (Å²) in [6, 6.07) is 30.8. The van der Waals surface area contributed by atoms with Gasteiger partial charge in [-0.05, 0) is 47.0 Å². The molecule has 0 unspecified atom stereocenters. The zero-order chi connectivity index (χ0) is 24.7. The summed E-state index contributed by atoms with van der Waals surface area (Å²) in [6.45, 7) is 1.05. The highest BCUT2D eigenvalue weighted by molar-refractivity contribution is 6.14. The van der Waals surface area contributed by atoms with Crippen LogP contribution < -0.4 is 18.9 Å². The van der Waals surface area contributed by atoms with Crippen LogP contribution in [-0.2, 0) is 13.2 Å². The van der Waals surface area contributed by atoms with E-state index in [1.807, 2.05) is 84.9 Å². The molecule has 1 aliphatic heterocycles. The number of ketones is 1. The molecule has 180 valence electrons. The predicted octanol–water partition coefficient (Wildman–Crippen LogP) is 6.51. The van der Waals surface area contributed by atoms with Crippen LogP contribution in [0.1, 0.15) is 27.0 Å². The number of ether oxygens (including phenoxy) is 4. The Labute approximate surface area is 210 Å². The molecule has 5 nitrogen and oxygen atoms in total. The first kappa shape index (κ1) is 23.2. The van der Waals surface area contributed by atoms with Crippen molar-refractivity contribution in [3.8, 4) is 23.0 Å². The fourth-order valence-corrected chi connectivity index (χ4v) is 3.97. The lowest BCUT2D eigenvalue weighted by molar-refractivity contribution is 0.100. The van der Waals surface area contributed by atoms with Crippen LogP contribution in [0.2, 0.25) is 0 Å². The van der Waals surface area contributed by atoms with Gasteiger partial charge in [0, 0.05) is 11.6 Å². The van der Waals surface area contributed by atoms with Crippen LogP contribution in [0.5, 0.6) is 23.0 Å². The molecule has 0 aliphatic carbocycles. The van der Waals surface area contributed by atoms with E-state index in [0.29, 0.717) is 47.3 Å². The molecule has 0 atom stereocenters. The third kappa shape index (κ3) is 5.41. The van der Waals surface area contributed by atoms with Gasteiger partial charge in [0.25, 0.3) is 0 Å². The molecule has 0 aromatic heterocycles. The van der Waals surface area contributed by atoms with E-state index >= 15 is 0 Å². The van der Waals surface area contributed by atoms with Crippen molar-refractivity contribution in [2.75, 3.05) is 13.7 Å². The van der Waals surface area contributed by atoms with Gasteiger partial charge < -0.3 is 18.9 Å². The summed E-state index contributed by atoms with van der Waals surface area (Å²) in [5.41, 5.74) is 4.05. The summed E-state index contributed by atoms with van der Waals surface area (Å²) in [5, 5.41) is 0. The second-order valence-electron chi connectivity index (χ2n) is 8.40. The highest BCUT2D eigenvalue weighted by Crippen LogP contribution is 2.34. The van der Waals surface area contributed by atoms with Gasteiger partial charge in [0.05, 0.1) is 12.7 Å². The zero-order valence-corrected chi connectivity index (χ0v) is 20.0. The van der Waals surface area contributed by atoms with Gasteiger partial charge in [-0.3, -0.25) is 4.79 Å². The Morgan fingerprint density at radius 2 is 1.47 bits per heavy atom. The average molecular weight is 479 g/mol. The maximum absolute atomic E-state index is 13.2. The molecule has 36 heavy (non-hydrogen) atoms. The van der Waals surface area contributed by atoms with Crippen LogP contribution in [0.4, 0.5) is 0 Å². The molecule has 0 saturated heterocycles. The molecule has 4 aromatic carbocycles. The second kappa shape index (κ2) is 10.8. The molecule has 1 aliphatic rings. The van der Waals surface area contributed by atoms with E-state index in [1.165, 1.54) is 0 Å². The molecule has 1 heterocycles. The van der Waals surface area contributed by atoms with Gasteiger partial charge in [0.15, 0.2) is 17.3 Å². The summed E-state index contributed by atoms with van der Waals surface area (Å²) in [6.07, 6.45) is 1.83. The van der Waals surface area contributed by atoms with Crippen molar-refractivity contribution in [3.63, 3.8) is 0 Å². The Balaban J connectivity index is 1.30. The third-order valence-corrected chi connectivity index (χ3v) is 5.89. The van der Waals surface area contributed by atoms with E-state index < -0.39 is 0 Å². The highest BCUT2D eigenvalue weighted by Gasteiger charge is 2.24. The van der Waals surface area contributed by atoms with Crippen molar-refractivity contribution in [2.24, 2.45) is 0 Å². The molecular weight excluding hydrogens is 452 g/mol. The molecule has 0 N–H and O–H groups in total. The summed E-state index contributed by atoms with van der Waals surface area (Å²) in [7, 11) is 1.61. The summed E-state index contributed by atoms with van der Waals surface area (Å²) in [5.74, 6) is 2.37. The number of fused-ring (bicyclic) bond motifs is 1. The van der Waals surface area contributed by atoms with E-state index in [4.69, 9.17) is 18.9 Å². The lowest BCUT2D eigenvalue weighted by atomic mass is 9.98. The highest BCUT2D eigenvalue weighted by atomic mass is 16.5. The average Bonchev–Trinajstić information content (AvgIpc) is 2.93. The topological polar surface area (TPSA) is 54.0 Å². The van der Waals surface area contributed by atoms with E-state index in [-0.39, 0.29) is 12.4 Å². The van der Waals surface area contributed by atoms with Crippen LogP contribution in [0, 0.1) is 0 Å². The summed E-state index contributed by atoms with van der Waals surface area (Å²) >= 11 is 0. The number of methoxy groups -OCH3 is 1. The van der Waals surface area contributed by atoms with E-state index in [2.05, 4.69) is 0 Å². The fraction of sp³-hybridized carbons (Fsp3) is 0.129. The predicted molar refractivity (Wildman–Crippen MR) is 139 cm³/mol. The van der Waals surface area contributed by atoms with Crippen molar-refractivity contribution >= 4 is 11.9 Å². The Bertz CT molecular complexity index is 1380. The SMILES string of the molecule is COc1ccc(/C=C2\COc3cc(OCc4ccccc4)ccc3C2=O)cc1OCc1ccccc1. The number of hydrogen-bond acceptors (Lipinski definition) is 5. The largest absolute Gasteiger partial charge is 0.493 e. The van der Waals surface area contributed by atoms with Crippen molar-refractivity contribution in [1.82, 2.24) is 0 Å². The molecule has 5 heteroatoms. The summed E-state index contributed by atoms with van der Waals surface area (Å²) < 4.78 is 23.3. The van der Waals surface area contributed by atoms with Crippen molar-refractivity contribution in [3.05, 3.63) is 125 Å². The molecule has 0 saturated carbocycles. The molecule has 0 spiro atoms. The van der Waals surface area contributed by atoms with Gasteiger partial charge in [-0.15, -0.1) is 0 Å². The van der Waals surface area contributed by atoms with E-state index in [0.717, 1.165) is 16.7 Å². The Morgan fingerprint density at radius 1 is 0.778 bits per heavy atom. The monoisotopic (exact) mass is 478 g/mol. The van der Waals surface area contributed by atoms with E-state index in [1.54, 1.807) is 25.3 Å². The minimum atomic E-state index is -0.0616. The van der Waals surface area contributed by atoms with Crippen molar-refractivity contribution < 1.29 is 23.7 Å². The van der Waals surface area contributed by atoms with Gasteiger partial charge in [-0.2, -0.15) is 0 Å². The number of rotatable bonds is 8. The quantitative estimate of drug-likeness (QED) is 0.270. The number of carbonyl (C=O) groups excluding carboxylic acids is 1. The van der Waals surface area contributed by atoms with Gasteiger partial charge in [0.1, 0.15) is 31.3 Å². The van der Waals surface area contributed by atoms with Gasteiger partial charge in [-0.1, -0.05) is 66.7 Å². The number of carbonyl (C=O) groups is 1. The van der Waals surface area contributed by atoms with Crippen LogP contribution in [0.3, 0.4) is 0 Å². The smallest absolute Gasteiger partial charge is 0.196 e. The van der Waals surface area contributed by atoms with Crippen LogP contribution in [0.25, 0.3) is 6.08 Å². The molecule has 0 radical (unpaired) electrons. The standard InChI is InChI=1S/C31H26O5/c1-33-28-15-12-24(17-30(28)35-20-23-10-6-3-7-11-23)16-25-21-36-29-18-26(13-14-27(29)31(25)32)34-19-22-8-4-2-5-9-22/h2-18H,19-21H2,1H3/b25-16+. The molecule has 0 bridgehead atoms. The number of hydrogen-bond donors (Lipinski definition) is 0. The lowest BCUT2D eigenvalue weighted by Crippen LogP contribution is -2.19. The molecule has 0 fully saturated rings.